The largest absolute Gasteiger partial charge is 0.484 e. The fourth-order valence-electron chi connectivity index (χ4n) is 5.21. The molecule has 11 heteroatoms. The molecule has 2 aliphatic carbocycles. The molecule has 6 nitrogen and oxygen atoms in total. The number of ether oxygens (including phenoxy) is 2. The zero-order valence-electron chi connectivity index (χ0n) is 16.7. The second kappa shape index (κ2) is 7.32. The van der Waals surface area contributed by atoms with Gasteiger partial charge in [0.25, 0.3) is 5.91 Å². The SMILES string of the molecule is CN1C(=O)C2(N=C1N)c1cc(OCC(F)(F)F)ccc1CC21CCC(OC(F)F)CC1. The van der Waals surface area contributed by atoms with E-state index in [0.29, 0.717) is 37.7 Å². The van der Waals surface area contributed by atoms with Gasteiger partial charge in [0.05, 0.1) is 6.10 Å². The minimum Gasteiger partial charge on any atom is -0.484 e. The van der Waals surface area contributed by atoms with Gasteiger partial charge in [-0.25, -0.2) is 4.99 Å². The van der Waals surface area contributed by atoms with Gasteiger partial charge < -0.3 is 15.2 Å². The molecule has 1 unspecified atom stereocenters. The highest BCUT2D eigenvalue weighted by Crippen LogP contribution is 2.62. The van der Waals surface area contributed by atoms with Crippen LogP contribution in [0.5, 0.6) is 5.75 Å². The van der Waals surface area contributed by atoms with E-state index in [1.54, 1.807) is 6.07 Å². The molecule has 1 atom stereocenters. The van der Waals surface area contributed by atoms with Crippen molar-refractivity contribution in [2.75, 3.05) is 13.7 Å². The highest BCUT2D eigenvalue weighted by molar-refractivity contribution is 6.08. The Morgan fingerprint density at radius 3 is 2.52 bits per heavy atom. The lowest BCUT2D eigenvalue weighted by molar-refractivity contribution is -0.178. The summed E-state index contributed by atoms with van der Waals surface area (Å²) in [6.45, 7) is -4.34. The van der Waals surface area contributed by atoms with E-state index >= 15 is 0 Å². The lowest BCUT2D eigenvalue weighted by Crippen LogP contribution is -2.51. The number of carbonyl (C=O) groups excluding carboxylic acids is 1. The molecule has 0 bridgehead atoms. The Kier molecular flexibility index (Phi) is 5.14. The molecule has 1 heterocycles. The van der Waals surface area contributed by atoms with Crippen LogP contribution in [0.25, 0.3) is 0 Å². The van der Waals surface area contributed by atoms with Gasteiger partial charge in [0, 0.05) is 12.5 Å². The number of alkyl halides is 5. The topological polar surface area (TPSA) is 77.2 Å². The summed E-state index contributed by atoms with van der Waals surface area (Å²) in [4.78, 5) is 19.2. The summed E-state index contributed by atoms with van der Waals surface area (Å²) in [5, 5.41) is 0. The molecular formula is C20H22F5N3O3. The Balaban J connectivity index is 1.72. The highest BCUT2D eigenvalue weighted by Gasteiger charge is 2.66. The van der Waals surface area contributed by atoms with Crippen LogP contribution in [-0.4, -0.2) is 49.3 Å². The summed E-state index contributed by atoms with van der Waals surface area (Å²) in [6, 6.07) is 4.49. The molecule has 170 valence electrons. The van der Waals surface area contributed by atoms with Crippen molar-refractivity contribution in [2.24, 2.45) is 16.1 Å². The predicted molar refractivity (Wildman–Crippen MR) is 99.5 cm³/mol. The van der Waals surface area contributed by atoms with Gasteiger partial charge in [0.2, 0.25) is 0 Å². The Hall–Kier alpha value is -2.43. The Morgan fingerprint density at radius 1 is 1.29 bits per heavy atom. The molecule has 1 aliphatic heterocycles. The van der Waals surface area contributed by atoms with E-state index in [4.69, 9.17) is 10.5 Å². The molecule has 2 spiro atoms. The van der Waals surface area contributed by atoms with Gasteiger partial charge in [-0.05, 0) is 55.4 Å². The minimum atomic E-state index is -4.51. The maximum atomic E-state index is 13.4. The Labute approximate surface area is 175 Å². The number of halogens is 5. The maximum Gasteiger partial charge on any atom is 0.422 e. The smallest absolute Gasteiger partial charge is 0.422 e. The molecular weight excluding hydrogens is 425 g/mol. The van der Waals surface area contributed by atoms with Crippen LogP contribution in [0.2, 0.25) is 0 Å². The van der Waals surface area contributed by atoms with E-state index in [0.717, 1.165) is 5.56 Å². The van der Waals surface area contributed by atoms with Crippen LogP contribution < -0.4 is 10.5 Å². The minimum absolute atomic E-state index is 0.00444. The molecule has 1 saturated carbocycles. The van der Waals surface area contributed by atoms with E-state index in [-0.39, 0.29) is 17.6 Å². The number of fused-ring (bicyclic) bond motifs is 3. The monoisotopic (exact) mass is 447 g/mol. The number of hydrogen-bond donors (Lipinski definition) is 1. The van der Waals surface area contributed by atoms with E-state index in [9.17, 15) is 26.7 Å². The summed E-state index contributed by atoms with van der Waals surface area (Å²) in [5.74, 6) is -0.409. The number of carbonyl (C=O) groups is 1. The second-order valence-electron chi connectivity index (χ2n) is 8.32. The van der Waals surface area contributed by atoms with Crippen molar-refractivity contribution in [1.82, 2.24) is 4.90 Å². The summed E-state index contributed by atoms with van der Waals surface area (Å²) in [5.41, 5.74) is 5.03. The van der Waals surface area contributed by atoms with Gasteiger partial charge in [0.15, 0.2) is 18.1 Å². The number of rotatable bonds is 4. The fourth-order valence-corrected chi connectivity index (χ4v) is 5.21. The lowest BCUT2D eigenvalue weighted by Gasteiger charge is -2.45. The molecule has 2 N–H and O–H groups in total. The molecule has 1 fully saturated rings. The third kappa shape index (κ3) is 3.52. The first kappa shape index (κ1) is 21.8. The van der Waals surface area contributed by atoms with Gasteiger partial charge in [-0.3, -0.25) is 9.69 Å². The van der Waals surface area contributed by atoms with Gasteiger partial charge >= 0.3 is 12.8 Å². The number of amides is 1. The number of guanidine groups is 1. The molecule has 0 saturated heterocycles. The number of nitrogens with zero attached hydrogens (tertiary/aromatic N) is 2. The molecule has 1 aromatic rings. The summed E-state index contributed by atoms with van der Waals surface area (Å²) >= 11 is 0. The van der Waals surface area contributed by atoms with Crippen LogP contribution in [0.1, 0.15) is 36.8 Å². The highest BCUT2D eigenvalue weighted by atomic mass is 19.4. The standard InChI is InChI=1S/C20H22F5N3O3/c1-28-15(29)20(27-17(28)26)14-8-13(30-10-19(23,24)25)3-2-11(14)9-18(20)6-4-12(5-7-18)31-16(21)22/h2-3,8,12,16H,4-7,9-10H2,1H3,(H2,26,27). The van der Waals surface area contributed by atoms with Gasteiger partial charge in [-0.15, -0.1) is 0 Å². The van der Waals surface area contributed by atoms with E-state index in [2.05, 4.69) is 9.73 Å². The van der Waals surface area contributed by atoms with Crippen LogP contribution in [0, 0.1) is 5.41 Å². The number of benzene rings is 1. The number of nitrogens with two attached hydrogens (primary N) is 1. The van der Waals surface area contributed by atoms with E-state index in [1.165, 1.54) is 24.1 Å². The molecule has 3 aliphatic rings. The summed E-state index contributed by atoms with van der Waals surface area (Å²) in [6.07, 6.45) is -3.32. The molecule has 0 aromatic heterocycles. The van der Waals surface area contributed by atoms with Gasteiger partial charge in [-0.1, -0.05) is 6.07 Å². The van der Waals surface area contributed by atoms with Crippen molar-refractivity contribution in [1.29, 1.82) is 0 Å². The first-order chi connectivity index (χ1) is 14.5. The van der Waals surface area contributed by atoms with E-state index < -0.39 is 36.5 Å². The van der Waals surface area contributed by atoms with Gasteiger partial charge in [-0.2, -0.15) is 22.0 Å². The number of aliphatic imine (C=N–C) groups is 1. The van der Waals surface area contributed by atoms with E-state index in [1.807, 2.05) is 0 Å². The van der Waals surface area contributed by atoms with Crippen molar-refractivity contribution in [3.8, 4) is 5.75 Å². The van der Waals surface area contributed by atoms with Gasteiger partial charge in [0.1, 0.15) is 5.75 Å². The predicted octanol–water partition coefficient (Wildman–Crippen LogP) is 3.33. The van der Waals surface area contributed by atoms with Crippen molar-refractivity contribution < 1.29 is 36.2 Å². The van der Waals surface area contributed by atoms with Crippen LogP contribution in [0.4, 0.5) is 22.0 Å². The number of likely N-dealkylation sites (N-methyl/N-ethyl adjacent to an activating group) is 1. The molecule has 1 amide bonds. The Morgan fingerprint density at radius 2 is 1.97 bits per heavy atom. The van der Waals surface area contributed by atoms with Crippen LogP contribution in [0.3, 0.4) is 0 Å². The second-order valence-corrected chi connectivity index (χ2v) is 8.32. The third-order valence-corrected chi connectivity index (χ3v) is 6.60. The molecule has 4 rings (SSSR count). The first-order valence-electron chi connectivity index (χ1n) is 9.87. The summed E-state index contributed by atoms with van der Waals surface area (Å²) < 4.78 is 72.6. The average molecular weight is 447 g/mol. The summed E-state index contributed by atoms with van der Waals surface area (Å²) in [7, 11) is 1.48. The molecule has 0 radical (unpaired) electrons. The quantitative estimate of drug-likeness (QED) is 0.719. The van der Waals surface area contributed by atoms with Crippen molar-refractivity contribution in [3.05, 3.63) is 29.3 Å². The van der Waals surface area contributed by atoms with Crippen molar-refractivity contribution >= 4 is 11.9 Å². The zero-order chi connectivity index (χ0) is 22.6. The van der Waals surface area contributed by atoms with Crippen molar-refractivity contribution in [3.63, 3.8) is 0 Å². The zero-order valence-corrected chi connectivity index (χ0v) is 16.7. The fraction of sp³-hybridized carbons (Fsp3) is 0.600. The molecule has 1 aromatic carbocycles. The first-order valence-corrected chi connectivity index (χ1v) is 9.87. The number of hydrogen-bond acceptors (Lipinski definition) is 5. The molecule has 31 heavy (non-hydrogen) atoms. The van der Waals surface area contributed by atoms with Crippen LogP contribution in [0.15, 0.2) is 23.2 Å². The van der Waals surface area contributed by atoms with Crippen LogP contribution >= 0.6 is 0 Å². The average Bonchev–Trinajstić information content (AvgIpc) is 3.08. The lowest BCUT2D eigenvalue weighted by atomic mass is 9.61. The van der Waals surface area contributed by atoms with Crippen molar-refractivity contribution in [2.45, 2.75) is 56.5 Å². The normalized spacial score (nSPS) is 30.4. The third-order valence-electron chi connectivity index (χ3n) is 6.60. The van der Waals surface area contributed by atoms with Crippen LogP contribution in [-0.2, 0) is 21.5 Å². The Bertz CT molecular complexity index is 912. The maximum absolute atomic E-state index is 13.4.